The number of epoxide rings is 4. The summed E-state index contributed by atoms with van der Waals surface area (Å²) in [6.45, 7) is 9.10. The smallest absolute Gasteiger partial charge is 0.184 e. The normalized spacial score (nSPS) is 52.7. The molecule has 4 aliphatic heterocycles. The zero-order valence-electron chi connectivity index (χ0n) is 18.9. The van der Waals surface area contributed by atoms with Crippen LogP contribution in [-0.2, 0) is 37.9 Å². The van der Waals surface area contributed by atoms with E-state index in [-0.39, 0.29) is 62.1 Å². The van der Waals surface area contributed by atoms with Crippen molar-refractivity contribution in [2.24, 2.45) is 11.3 Å². The highest BCUT2D eigenvalue weighted by atomic mass is 16.8. The van der Waals surface area contributed by atoms with Crippen LogP contribution in [-0.4, -0.2) is 86.7 Å². The Morgan fingerprint density at radius 3 is 1.58 bits per heavy atom. The quantitative estimate of drug-likeness (QED) is 0.449. The second-order valence-electron chi connectivity index (χ2n) is 9.88. The van der Waals surface area contributed by atoms with Crippen molar-refractivity contribution in [2.45, 2.75) is 102 Å². The minimum Gasteiger partial charge on any atom is -0.387 e. The second kappa shape index (κ2) is 8.45. The van der Waals surface area contributed by atoms with E-state index in [1.165, 1.54) is 0 Å². The summed E-state index contributed by atoms with van der Waals surface area (Å²) in [5, 5.41) is 12.0. The van der Waals surface area contributed by atoms with Gasteiger partial charge in [0.05, 0.1) is 37.4 Å². The van der Waals surface area contributed by atoms with E-state index in [0.29, 0.717) is 26.2 Å². The first-order valence-electron chi connectivity index (χ1n) is 11.6. The Hall–Kier alpha value is -0.360. The number of ether oxygens (including phenoxy) is 8. The zero-order chi connectivity index (χ0) is 21.8. The molecule has 0 aromatic heterocycles. The standard InChI is InChI=1S/C22H36O9/c1-12-17(28-12)24-8-16-6-5-7-22(23,11-27-20-15(4)31-20)21(16,9-25-18-13(2)29-18)10-26-19-14(3)30-19/h12-20,23H,5-11H2,1-4H3. The summed E-state index contributed by atoms with van der Waals surface area (Å²) in [7, 11) is 0. The number of aliphatic hydroxyl groups is 1. The van der Waals surface area contributed by atoms with Crippen LogP contribution in [0.4, 0.5) is 0 Å². The van der Waals surface area contributed by atoms with Gasteiger partial charge in [-0.1, -0.05) is 6.42 Å². The lowest BCUT2D eigenvalue weighted by molar-refractivity contribution is -0.243. The average molecular weight is 445 g/mol. The summed E-state index contributed by atoms with van der Waals surface area (Å²) in [6.07, 6.45) is 1.72. The molecule has 0 bridgehead atoms. The van der Waals surface area contributed by atoms with Crippen LogP contribution in [0.5, 0.6) is 0 Å². The van der Waals surface area contributed by atoms with Gasteiger partial charge in [0.15, 0.2) is 25.2 Å². The molecule has 5 fully saturated rings. The Morgan fingerprint density at radius 1 is 0.710 bits per heavy atom. The van der Waals surface area contributed by atoms with E-state index in [0.717, 1.165) is 12.8 Å². The van der Waals surface area contributed by atoms with Crippen LogP contribution in [0.3, 0.4) is 0 Å². The van der Waals surface area contributed by atoms with Crippen molar-refractivity contribution in [3.8, 4) is 0 Å². The molecule has 10 unspecified atom stereocenters. The highest BCUT2D eigenvalue weighted by Crippen LogP contribution is 2.51. The summed E-state index contributed by atoms with van der Waals surface area (Å²) in [5.41, 5.74) is -1.89. The van der Waals surface area contributed by atoms with Crippen LogP contribution in [0, 0.1) is 11.3 Å². The maximum absolute atomic E-state index is 12.0. The third kappa shape index (κ3) is 4.81. The van der Waals surface area contributed by atoms with E-state index in [1.54, 1.807) is 0 Å². The minimum absolute atomic E-state index is 0.00640. The zero-order valence-corrected chi connectivity index (χ0v) is 18.9. The predicted molar refractivity (Wildman–Crippen MR) is 106 cm³/mol. The molecule has 5 aliphatic rings. The highest BCUT2D eigenvalue weighted by Gasteiger charge is 2.60. The van der Waals surface area contributed by atoms with Gasteiger partial charge in [0.25, 0.3) is 0 Å². The molecular formula is C22H36O9. The van der Waals surface area contributed by atoms with E-state index in [2.05, 4.69) is 0 Å². The summed E-state index contributed by atoms with van der Waals surface area (Å²) >= 11 is 0. The largest absolute Gasteiger partial charge is 0.387 e. The SMILES string of the molecule is CC1OC1OCC1CCCC(O)(COC2OC2C)C1(COC1OC1C)COC1OC1C. The van der Waals surface area contributed by atoms with Crippen molar-refractivity contribution in [3.05, 3.63) is 0 Å². The molecule has 1 saturated carbocycles. The van der Waals surface area contributed by atoms with Crippen molar-refractivity contribution >= 4 is 0 Å². The van der Waals surface area contributed by atoms with Crippen LogP contribution >= 0.6 is 0 Å². The minimum atomic E-state index is -1.16. The van der Waals surface area contributed by atoms with Gasteiger partial charge in [0.2, 0.25) is 0 Å². The molecule has 0 radical (unpaired) electrons. The van der Waals surface area contributed by atoms with Gasteiger partial charge in [0, 0.05) is 0 Å². The fourth-order valence-electron chi connectivity index (χ4n) is 4.81. The van der Waals surface area contributed by atoms with Crippen molar-refractivity contribution in [2.75, 3.05) is 26.4 Å². The fraction of sp³-hybridized carbons (Fsp3) is 1.00. The molecule has 0 aromatic rings. The lowest BCUT2D eigenvalue weighted by Crippen LogP contribution is -2.63. The lowest BCUT2D eigenvalue weighted by Gasteiger charge is -2.54. The highest BCUT2D eigenvalue weighted by molar-refractivity contribution is 5.07. The Morgan fingerprint density at radius 2 is 1.13 bits per heavy atom. The molecule has 0 amide bonds. The Kier molecular flexibility index (Phi) is 6.11. The van der Waals surface area contributed by atoms with Gasteiger partial charge in [-0.3, -0.25) is 0 Å². The van der Waals surface area contributed by atoms with Crippen molar-refractivity contribution in [1.82, 2.24) is 0 Å². The van der Waals surface area contributed by atoms with Gasteiger partial charge in [-0.2, -0.15) is 0 Å². The molecule has 4 saturated heterocycles. The first kappa shape index (κ1) is 22.4. The van der Waals surface area contributed by atoms with Crippen molar-refractivity contribution in [3.63, 3.8) is 0 Å². The molecule has 178 valence electrons. The average Bonchev–Trinajstić information content (AvgIpc) is 3.58. The molecule has 1 N–H and O–H groups in total. The Balaban J connectivity index is 1.36. The van der Waals surface area contributed by atoms with Crippen LogP contribution in [0.15, 0.2) is 0 Å². The molecule has 0 aromatic carbocycles. The third-order valence-corrected chi connectivity index (χ3v) is 7.43. The molecule has 31 heavy (non-hydrogen) atoms. The monoisotopic (exact) mass is 444 g/mol. The van der Waals surface area contributed by atoms with Crippen molar-refractivity contribution in [1.29, 1.82) is 0 Å². The second-order valence-corrected chi connectivity index (χ2v) is 9.88. The Bertz CT molecular complexity index is 626. The summed E-state index contributed by atoms with van der Waals surface area (Å²) in [5.74, 6) is 0.00640. The van der Waals surface area contributed by atoms with E-state index < -0.39 is 11.0 Å². The summed E-state index contributed by atoms with van der Waals surface area (Å²) < 4.78 is 46.0. The first-order valence-corrected chi connectivity index (χ1v) is 11.6. The van der Waals surface area contributed by atoms with Crippen LogP contribution in [0.1, 0.15) is 47.0 Å². The van der Waals surface area contributed by atoms with Gasteiger partial charge in [-0.15, -0.1) is 0 Å². The molecule has 5 rings (SSSR count). The summed E-state index contributed by atoms with van der Waals surface area (Å²) in [6, 6.07) is 0. The summed E-state index contributed by atoms with van der Waals surface area (Å²) in [4.78, 5) is 0. The lowest BCUT2D eigenvalue weighted by atomic mass is 9.58. The number of hydrogen-bond acceptors (Lipinski definition) is 9. The van der Waals surface area contributed by atoms with Gasteiger partial charge in [-0.05, 0) is 46.5 Å². The number of rotatable bonds is 12. The van der Waals surface area contributed by atoms with Gasteiger partial charge < -0.3 is 43.0 Å². The maximum atomic E-state index is 12.0. The van der Waals surface area contributed by atoms with Crippen LogP contribution in [0.2, 0.25) is 0 Å². The van der Waals surface area contributed by atoms with E-state index in [9.17, 15) is 5.11 Å². The van der Waals surface area contributed by atoms with Gasteiger partial charge >= 0.3 is 0 Å². The molecule has 4 heterocycles. The van der Waals surface area contributed by atoms with E-state index in [4.69, 9.17) is 37.9 Å². The molecule has 9 heteroatoms. The molecule has 10 atom stereocenters. The molecule has 9 nitrogen and oxygen atoms in total. The molecule has 0 spiro atoms. The maximum Gasteiger partial charge on any atom is 0.184 e. The van der Waals surface area contributed by atoms with Gasteiger partial charge in [-0.25, -0.2) is 0 Å². The molecular weight excluding hydrogens is 408 g/mol. The topological polar surface area (TPSA) is 107 Å². The fourth-order valence-corrected chi connectivity index (χ4v) is 4.81. The van der Waals surface area contributed by atoms with E-state index in [1.807, 2.05) is 27.7 Å². The van der Waals surface area contributed by atoms with E-state index >= 15 is 0 Å². The van der Waals surface area contributed by atoms with Crippen LogP contribution in [0.25, 0.3) is 0 Å². The van der Waals surface area contributed by atoms with Crippen molar-refractivity contribution < 1.29 is 43.0 Å². The Labute approximate surface area is 183 Å². The van der Waals surface area contributed by atoms with Gasteiger partial charge in [0.1, 0.15) is 24.4 Å². The third-order valence-electron chi connectivity index (χ3n) is 7.43. The number of hydrogen-bond donors (Lipinski definition) is 1. The van der Waals surface area contributed by atoms with Crippen LogP contribution < -0.4 is 0 Å². The first-order chi connectivity index (χ1) is 14.8. The predicted octanol–water partition coefficient (Wildman–Crippen LogP) is 1.55. The molecule has 1 aliphatic carbocycles.